The summed E-state index contributed by atoms with van der Waals surface area (Å²) in [5, 5.41) is 8.68. The Labute approximate surface area is 103 Å². The van der Waals surface area contributed by atoms with Crippen molar-refractivity contribution < 1.29 is 19.0 Å². The molecule has 0 radical (unpaired) electrons. The van der Waals surface area contributed by atoms with E-state index in [1.54, 1.807) is 6.92 Å². The first kappa shape index (κ1) is 13.8. The zero-order valence-electron chi connectivity index (χ0n) is 9.40. The third-order valence-electron chi connectivity index (χ3n) is 1.95. The molecule has 0 aliphatic rings. The molecule has 0 bridgehead atoms. The van der Waals surface area contributed by atoms with Crippen LogP contribution in [-0.4, -0.2) is 30.0 Å². The molecule has 4 nitrogen and oxygen atoms in total. The largest absolute Gasteiger partial charge is 0.462 e. The van der Waals surface area contributed by atoms with Gasteiger partial charge in [0.2, 0.25) is 0 Å². The van der Waals surface area contributed by atoms with Gasteiger partial charge in [0.05, 0.1) is 18.8 Å². The van der Waals surface area contributed by atoms with Gasteiger partial charge in [-0.25, -0.2) is 9.18 Å². The van der Waals surface area contributed by atoms with Crippen LogP contribution in [0.4, 0.5) is 10.1 Å². The standard InChI is InChI=1S/C11H14FNO3S/c1-2-16-11(15)7-5-10(17-4-3-14)8(12)6-9(7)13/h5-6,14H,2-4,13H2,1H3. The van der Waals surface area contributed by atoms with Gasteiger partial charge in [-0.2, -0.15) is 0 Å². The molecule has 0 amide bonds. The summed E-state index contributed by atoms with van der Waals surface area (Å²) in [5.74, 6) is -0.729. The number of benzene rings is 1. The number of rotatable bonds is 5. The third-order valence-corrected chi connectivity index (χ3v) is 2.96. The zero-order chi connectivity index (χ0) is 12.8. The second-order valence-corrected chi connectivity index (χ2v) is 4.30. The summed E-state index contributed by atoms with van der Waals surface area (Å²) in [5.41, 5.74) is 5.75. The van der Waals surface area contributed by atoms with E-state index in [1.807, 2.05) is 0 Å². The minimum absolute atomic E-state index is 0.0503. The van der Waals surface area contributed by atoms with Crippen molar-refractivity contribution in [2.75, 3.05) is 24.7 Å². The topological polar surface area (TPSA) is 72.5 Å². The first-order valence-electron chi connectivity index (χ1n) is 5.10. The second-order valence-electron chi connectivity index (χ2n) is 3.16. The van der Waals surface area contributed by atoms with E-state index in [9.17, 15) is 9.18 Å². The highest BCUT2D eigenvalue weighted by Crippen LogP contribution is 2.27. The van der Waals surface area contributed by atoms with Gasteiger partial charge in [0.25, 0.3) is 0 Å². The molecule has 6 heteroatoms. The molecule has 0 aliphatic heterocycles. The van der Waals surface area contributed by atoms with E-state index < -0.39 is 11.8 Å². The van der Waals surface area contributed by atoms with Crippen molar-refractivity contribution in [2.24, 2.45) is 0 Å². The number of halogens is 1. The number of carbonyl (C=O) groups excluding carboxylic acids is 1. The molecule has 3 N–H and O–H groups in total. The van der Waals surface area contributed by atoms with Crippen molar-refractivity contribution >= 4 is 23.4 Å². The predicted octanol–water partition coefficient (Wildman–Crippen LogP) is 1.67. The highest BCUT2D eigenvalue weighted by Gasteiger charge is 2.15. The lowest BCUT2D eigenvalue weighted by Gasteiger charge is -2.08. The van der Waals surface area contributed by atoms with Gasteiger partial charge in [0, 0.05) is 16.3 Å². The van der Waals surface area contributed by atoms with Gasteiger partial charge >= 0.3 is 5.97 Å². The van der Waals surface area contributed by atoms with Crippen molar-refractivity contribution in [1.29, 1.82) is 0 Å². The number of carbonyl (C=O) groups is 1. The van der Waals surface area contributed by atoms with E-state index in [0.29, 0.717) is 5.75 Å². The van der Waals surface area contributed by atoms with Crippen LogP contribution in [0.3, 0.4) is 0 Å². The quantitative estimate of drug-likeness (QED) is 0.478. The second kappa shape index (κ2) is 6.46. The number of nitrogens with two attached hydrogens (primary N) is 1. The molecule has 0 saturated heterocycles. The van der Waals surface area contributed by atoms with Crippen LogP contribution in [0.25, 0.3) is 0 Å². The van der Waals surface area contributed by atoms with Crippen molar-refractivity contribution in [3.8, 4) is 0 Å². The molecule has 0 aromatic heterocycles. The van der Waals surface area contributed by atoms with E-state index >= 15 is 0 Å². The van der Waals surface area contributed by atoms with Gasteiger partial charge in [-0.15, -0.1) is 11.8 Å². The smallest absolute Gasteiger partial charge is 0.340 e. The Bertz CT molecular complexity index is 412. The Morgan fingerprint density at radius 2 is 2.29 bits per heavy atom. The number of nitrogen functional groups attached to an aromatic ring is 1. The van der Waals surface area contributed by atoms with Gasteiger partial charge < -0.3 is 15.6 Å². The molecule has 0 atom stereocenters. The van der Waals surface area contributed by atoms with Crippen molar-refractivity contribution in [1.82, 2.24) is 0 Å². The van der Waals surface area contributed by atoms with E-state index in [2.05, 4.69) is 0 Å². The Balaban J connectivity index is 3.01. The minimum Gasteiger partial charge on any atom is -0.462 e. The van der Waals surface area contributed by atoms with Gasteiger partial charge in [-0.05, 0) is 19.1 Å². The van der Waals surface area contributed by atoms with Gasteiger partial charge in [-0.1, -0.05) is 0 Å². The Hall–Kier alpha value is -1.27. The first-order valence-corrected chi connectivity index (χ1v) is 6.08. The Morgan fingerprint density at radius 3 is 2.88 bits per heavy atom. The summed E-state index contributed by atoms with van der Waals surface area (Å²) >= 11 is 1.12. The van der Waals surface area contributed by atoms with Gasteiger partial charge in [-0.3, -0.25) is 0 Å². The van der Waals surface area contributed by atoms with Crippen LogP contribution in [0.15, 0.2) is 17.0 Å². The number of ether oxygens (including phenoxy) is 1. The summed E-state index contributed by atoms with van der Waals surface area (Å²) in [4.78, 5) is 11.8. The Morgan fingerprint density at radius 1 is 1.59 bits per heavy atom. The monoisotopic (exact) mass is 259 g/mol. The predicted molar refractivity (Wildman–Crippen MR) is 64.6 cm³/mol. The SMILES string of the molecule is CCOC(=O)c1cc(SCCO)c(F)cc1N. The lowest BCUT2D eigenvalue weighted by molar-refractivity contribution is 0.0527. The summed E-state index contributed by atoms with van der Waals surface area (Å²) in [7, 11) is 0. The molecule has 1 rings (SSSR count). The van der Waals surface area contributed by atoms with Gasteiger partial charge in [0.1, 0.15) is 5.82 Å². The van der Waals surface area contributed by atoms with E-state index in [4.69, 9.17) is 15.6 Å². The summed E-state index contributed by atoms with van der Waals surface area (Å²) in [6, 6.07) is 2.44. The number of hydrogen-bond donors (Lipinski definition) is 2. The van der Waals surface area contributed by atoms with Crippen molar-refractivity contribution in [2.45, 2.75) is 11.8 Å². The van der Waals surface area contributed by atoms with Crippen LogP contribution in [0.5, 0.6) is 0 Å². The molecule has 0 saturated carbocycles. The maximum atomic E-state index is 13.5. The molecule has 1 aromatic carbocycles. The van der Waals surface area contributed by atoms with Crippen LogP contribution in [0.1, 0.15) is 17.3 Å². The van der Waals surface area contributed by atoms with Crippen molar-refractivity contribution in [3.05, 3.63) is 23.5 Å². The number of esters is 1. The van der Waals surface area contributed by atoms with Crippen LogP contribution in [0, 0.1) is 5.82 Å². The lowest BCUT2D eigenvalue weighted by atomic mass is 10.2. The molecule has 0 unspecified atom stereocenters. The fourth-order valence-corrected chi connectivity index (χ4v) is 1.93. The number of aliphatic hydroxyl groups is 1. The normalized spacial score (nSPS) is 10.3. The number of anilines is 1. The average Bonchev–Trinajstić information content (AvgIpc) is 2.28. The summed E-state index contributed by atoms with van der Waals surface area (Å²) in [6.45, 7) is 1.84. The molecular weight excluding hydrogens is 245 g/mol. The van der Waals surface area contributed by atoms with E-state index in [0.717, 1.165) is 17.8 Å². The number of hydrogen-bond acceptors (Lipinski definition) is 5. The highest BCUT2D eigenvalue weighted by atomic mass is 32.2. The summed E-state index contributed by atoms with van der Waals surface area (Å²) in [6.07, 6.45) is 0. The first-order chi connectivity index (χ1) is 8.10. The van der Waals surface area contributed by atoms with E-state index in [1.165, 1.54) is 6.07 Å². The minimum atomic E-state index is -0.573. The summed E-state index contributed by atoms with van der Waals surface area (Å²) < 4.78 is 18.3. The zero-order valence-corrected chi connectivity index (χ0v) is 10.2. The molecule has 0 spiro atoms. The fraction of sp³-hybridized carbons (Fsp3) is 0.364. The molecule has 94 valence electrons. The van der Waals surface area contributed by atoms with Crippen LogP contribution < -0.4 is 5.73 Å². The molecule has 0 aliphatic carbocycles. The van der Waals surface area contributed by atoms with Crippen LogP contribution in [0.2, 0.25) is 0 Å². The third kappa shape index (κ3) is 3.61. The molecule has 0 heterocycles. The molecular formula is C11H14FNO3S. The van der Waals surface area contributed by atoms with Gasteiger partial charge in [0.15, 0.2) is 0 Å². The van der Waals surface area contributed by atoms with Crippen LogP contribution in [-0.2, 0) is 4.74 Å². The highest BCUT2D eigenvalue weighted by molar-refractivity contribution is 7.99. The lowest BCUT2D eigenvalue weighted by Crippen LogP contribution is -2.09. The van der Waals surface area contributed by atoms with Crippen LogP contribution >= 0.6 is 11.8 Å². The molecule has 0 fully saturated rings. The average molecular weight is 259 g/mol. The number of thioether (sulfide) groups is 1. The van der Waals surface area contributed by atoms with Crippen molar-refractivity contribution in [3.63, 3.8) is 0 Å². The Kier molecular flexibility index (Phi) is 5.24. The number of aliphatic hydroxyl groups excluding tert-OH is 1. The fourth-order valence-electron chi connectivity index (χ4n) is 1.22. The van der Waals surface area contributed by atoms with E-state index in [-0.39, 0.29) is 29.4 Å². The molecule has 1 aromatic rings. The molecule has 17 heavy (non-hydrogen) atoms. The maximum absolute atomic E-state index is 13.5. The maximum Gasteiger partial charge on any atom is 0.340 e.